The van der Waals surface area contributed by atoms with Crippen LogP contribution in [0.5, 0.6) is 0 Å². The first-order valence-electron chi connectivity index (χ1n) is 7.69. The van der Waals surface area contributed by atoms with Gasteiger partial charge in [-0.15, -0.1) is 11.3 Å². The first-order chi connectivity index (χ1) is 11.5. The van der Waals surface area contributed by atoms with Gasteiger partial charge < -0.3 is 15.5 Å². The fourth-order valence-corrected chi connectivity index (χ4v) is 3.03. The zero-order valence-corrected chi connectivity index (χ0v) is 15.0. The minimum Gasteiger partial charge on any atom is -0.351 e. The second-order valence-electron chi connectivity index (χ2n) is 5.55. The predicted octanol–water partition coefficient (Wildman–Crippen LogP) is 1.21. The highest BCUT2D eigenvalue weighted by Gasteiger charge is 2.14. The summed E-state index contributed by atoms with van der Waals surface area (Å²) in [6.45, 7) is 1.10. The van der Waals surface area contributed by atoms with E-state index in [1.807, 2.05) is 18.5 Å². The van der Waals surface area contributed by atoms with Crippen LogP contribution in [0.4, 0.5) is 5.69 Å². The summed E-state index contributed by atoms with van der Waals surface area (Å²) in [5, 5.41) is 8.31. The van der Waals surface area contributed by atoms with Gasteiger partial charge in [0.25, 0.3) is 11.8 Å². The number of rotatable bonds is 8. The van der Waals surface area contributed by atoms with Crippen molar-refractivity contribution in [2.45, 2.75) is 6.42 Å². The number of amides is 2. The highest BCUT2D eigenvalue weighted by Crippen LogP contribution is 2.12. The van der Waals surface area contributed by atoms with Gasteiger partial charge in [0.05, 0.1) is 7.05 Å². The Bertz CT molecular complexity index is 659. The van der Waals surface area contributed by atoms with Gasteiger partial charge in [-0.2, -0.15) is 0 Å². The first kappa shape index (κ1) is 18.4. The van der Waals surface area contributed by atoms with E-state index in [1.165, 1.54) is 4.88 Å². The van der Waals surface area contributed by atoms with Gasteiger partial charge in [0.15, 0.2) is 13.1 Å². The van der Waals surface area contributed by atoms with Crippen molar-refractivity contribution >= 4 is 40.4 Å². The van der Waals surface area contributed by atoms with Crippen LogP contribution < -0.4 is 15.5 Å². The maximum atomic E-state index is 12.0. The average molecular weight is 367 g/mol. The lowest BCUT2D eigenvalue weighted by molar-refractivity contribution is -0.862. The minimum absolute atomic E-state index is 0.0525. The maximum absolute atomic E-state index is 12.0. The van der Waals surface area contributed by atoms with Crippen LogP contribution in [0.25, 0.3) is 0 Å². The third-order valence-electron chi connectivity index (χ3n) is 3.33. The van der Waals surface area contributed by atoms with Gasteiger partial charge in [-0.05, 0) is 42.1 Å². The molecule has 128 valence electrons. The average Bonchev–Trinajstić information content (AvgIpc) is 3.02. The number of nitrogens with one attached hydrogen (secondary N) is 3. The number of anilines is 1. The van der Waals surface area contributed by atoms with E-state index < -0.39 is 0 Å². The van der Waals surface area contributed by atoms with E-state index in [2.05, 4.69) is 16.7 Å². The van der Waals surface area contributed by atoms with Gasteiger partial charge in [-0.1, -0.05) is 17.7 Å². The van der Waals surface area contributed by atoms with Gasteiger partial charge in [-0.25, -0.2) is 0 Å². The summed E-state index contributed by atoms with van der Waals surface area (Å²) in [5.41, 5.74) is 0.692. The molecule has 2 aromatic rings. The van der Waals surface area contributed by atoms with E-state index in [-0.39, 0.29) is 24.9 Å². The van der Waals surface area contributed by atoms with Crippen molar-refractivity contribution in [3.8, 4) is 0 Å². The highest BCUT2D eigenvalue weighted by molar-refractivity contribution is 7.09. The molecule has 2 rings (SSSR count). The fourth-order valence-electron chi connectivity index (χ4n) is 2.19. The van der Waals surface area contributed by atoms with Crippen LogP contribution in [0.2, 0.25) is 5.02 Å². The topological polar surface area (TPSA) is 62.6 Å². The summed E-state index contributed by atoms with van der Waals surface area (Å²) < 4.78 is 0. The summed E-state index contributed by atoms with van der Waals surface area (Å²) in [4.78, 5) is 25.9. The molecule has 0 spiro atoms. The van der Waals surface area contributed by atoms with Crippen molar-refractivity contribution in [2.24, 2.45) is 0 Å². The maximum Gasteiger partial charge on any atom is 0.279 e. The van der Waals surface area contributed by atoms with E-state index in [0.717, 1.165) is 11.3 Å². The molecule has 2 amide bonds. The molecule has 1 heterocycles. The lowest BCUT2D eigenvalue weighted by atomic mass is 10.3. The number of hydrogen-bond acceptors (Lipinski definition) is 3. The number of likely N-dealkylation sites (N-methyl/N-ethyl adjacent to an activating group) is 1. The molecule has 0 saturated carbocycles. The number of carbonyl (C=O) groups is 2. The second-order valence-corrected chi connectivity index (χ2v) is 7.01. The normalized spacial score (nSPS) is 11.8. The Kier molecular flexibility index (Phi) is 7.24. The number of thiophene rings is 1. The van der Waals surface area contributed by atoms with Gasteiger partial charge >= 0.3 is 0 Å². The molecule has 0 aliphatic carbocycles. The molecule has 0 bridgehead atoms. The van der Waals surface area contributed by atoms with Crippen molar-refractivity contribution in [2.75, 3.05) is 32.0 Å². The Morgan fingerprint density at radius 1 is 1.12 bits per heavy atom. The molecule has 0 aliphatic rings. The fraction of sp³-hybridized carbons (Fsp3) is 0.294. The van der Waals surface area contributed by atoms with Gasteiger partial charge in [0, 0.05) is 22.1 Å². The molecule has 0 radical (unpaired) electrons. The van der Waals surface area contributed by atoms with Gasteiger partial charge in [0.1, 0.15) is 0 Å². The number of benzene rings is 1. The molecule has 24 heavy (non-hydrogen) atoms. The van der Waals surface area contributed by atoms with E-state index in [4.69, 9.17) is 11.6 Å². The second kappa shape index (κ2) is 9.42. The third-order valence-corrected chi connectivity index (χ3v) is 4.51. The third kappa shape index (κ3) is 6.70. The van der Waals surface area contributed by atoms with Crippen LogP contribution in [-0.2, 0) is 16.0 Å². The summed E-state index contributed by atoms with van der Waals surface area (Å²) in [6, 6.07) is 11.0. The molecule has 0 fully saturated rings. The Morgan fingerprint density at radius 3 is 2.50 bits per heavy atom. The van der Waals surface area contributed by atoms with Crippen LogP contribution in [0.1, 0.15) is 4.88 Å². The molecular weight excluding hydrogens is 346 g/mol. The molecule has 1 unspecified atom stereocenters. The summed E-state index contributed by atoms with van der Waals surface area (Å²) in [6.07, 6.45) is 0.833. The first-order valence-corrected chi connectivity index (χ1v) is 8.94. The van der Waals surface area contributed by atoms with Crippen molar-refractivity contribution < 1.29 is 14.5 Å². The molecular formula is C17H21ClN3O2S+. The number of halogens is 1. The molecule has 0 saturated heterocycles. The number of carbonyl (C=O) groups excluding carboxylic acids is 2. The smallest absolute Gasteiger partial charge is 0.279 e. The Morgan fingerprint density at radius 2 is 1.83 bits per heavy atom. The van der Waals surface area contributed by atoms with E-state index in [1.54, 1.807) is 35.6 Å². The minimum atomic E-state index is -0.138. The number of hydrogen-bond donors (Lipinski definition) is 3. The van der Waals surface area contributed by atoms with Crippen molar-refractivity contribution in [1.82, 2.24) is 5.32 Å². The molecule has 3 N–H and O–H groups in total. The quantitative estimate of drug-likeness (QED) is 0.657. The van der Waals surface area contributed by atoms with E-state index in [9.17, 15) is 9.59 Å². The van der Waals surface area contributed by atoms with E-state index >= 15 is 0 Å². The molecule has 0 aliphatic heterocycles. The van der Waals surface area contributed by atoms with Crippen LogP contribution in [-0.4, -0.2) is 38.5 Å². The monoisotopic (exact) mass is 366 g/mol. The predicted molar refractivity (Wildman–Crippen MR) is 97.7 cm³/mol. The Hall–Kier alpha value is -1.89. The standard InChI is InChI=1S/C17H20ClN3O2S/c1-21(11-16(22)19-9-8-15-3-2-10-24-15)12-17(23)20-14-6-4-13(18)5-7-14/h2-7,10H,8-9,11-12H2,1H3,(H,19,22)(H,20,23)/p+1. The zero-order valence-electron chi connectivity index (χ0n) is 13.5. The summed E-state index contributed by atoms with van der Waals surface area (Å²) >= 11 is 7.48. The largest absolute Gasteiger partial charge is 0.351 e. The molecule has 1 aromatic carbocycles. The van der Waals surface area contributed by atoms with Gasteiger partial charge in [-0.3, -0.25) is 9.59 Å². The summed E-state index contributed by atoms with van der Waals surface area (Å²) in [5.74, 6) is -0.190. The highest BCUT2D eigenvalue weighted by atomic mass is 35.5. The lowest BCUT2D eigenvalue weighted by Gasteiger charge is -2.13. The van der Waals surface area contributed by atoms with Crippen LogP contribution in [0.3, 0.4) is 0 Å². The Labute approximate surface area is 150 Å². The zero-order chi connectivity index (χ0) is 17.4. The molecule has 1 aromatic heterocycles. The van der Waals surface area contributed by atoms with Gasteiger partial charge in [0.2, 0.25) is 0 Å². The molecule has 1 atom stereocenters. The van der Waals surface area contributed by atoms with Crippen molar-refractivity contribution in [3.05, 3.63) is 51.7 Å². The molecule has 5 nitrogen and oxygen atoms in total. The SMILES string of the molecule is C[NH+](CC(=O)NCCc1cccs1)CC(=O)Nc1ccc(Cl)cc1. The molecule has 7 heteroatoms. The lowest BCUT2D eigenvalue weighted by Crippen LogP contribution is -3.11. The van der Waals surface area contributed by atoms with Crippen molar-refractivity contribution in [3.63, 3.8) is 0 Å². The van der Waals surface area contributed by atoms with E-state index in [0.29, 0.717) is 17.3 Å². The Balaban J connectivity index is 1.65. The summed E-state index contributed by atoms with van der Waals surface area (Å²) in [7, 11) is 1.82. The number of quaternary nitrogens is 1. The van der Waals surface area contributed by atoms with Crippen LogP contribution in [0, 0.1) is 0 Å². The van der Waals surface area contributed by atoms with Crippen molar-refractivity contribution in [1.29, 1.82) is 0 Å². The van der Waals surface area contributed by atoms with Crippen LogP contribution in [0.15, 0.2) is 41.8 Å². The van der Waals surface area contributed by atoms with Crippen LogP contribution >= 0.6 is 22.9 Å².